The molecule has 130 valence electrons. The summed E-state index contributed by atoms with van der Waals surface area (Å²) in [4.78, 5) is 12.2. The molecule has 0 saturated heterocycles. The number of methoxy groups -OCH3 is 1. The molecule has 0 saturated carbocycles. The summed E-state index contributed by atoms with van der Waals surface area (Å²) in [7, 11) is 1.61. The summed E-state index contributed by atoms with van der Waals surface area (Å²) in [5, 5.41) is 9.82. The van der Waals surface area contributed by atoms with Gasteiger partial charge < -0.3 is 14.5 Å². The molecule has 3 rings (SSSR count). The van der Waals surface area contributed by atoms with Gasteiger partial charge in [0, 0.05) is 18.5 Å². The smallest absolute Gasteiger partial charge is 0.240 e. The van der Waals surface area contributed by atoms with Gasteiger partial charge in [-0.2, -0.15) is 5.10 Å². The zero-order valence-corrected chi connectivity index (χ0v) is 14.5. The van der Waals surface area contributed by atoms with E-state index in [-0.39, 0.29) is 12.5 Å². The average Bonchev–Trinajstić information content (AvgIpc) is 3.26. The maximum absolute atomic E-state index is 12.2. The third kappa shape index (κ3) is 4.16. The number of H-pyrrole nitrogens is 1. The van der Waals surface area contributed by atoms with Gasteiger partial charge in [-0.1, -0.05) is 0 Å². The van der Waals surface area contributed by atoms with Crippen LogP contribution in [0.3, 0.4) is 0 Å². The fraction of sp³-hybridized carbons (Fsp3) is 0.235. The van der Waals surface area contributed by atoms with Gasteiger partial charge in [0.15, 0.2) is 10.6 Å². The quantitative estimate of drug-likeness (QED) is 0.634. The summed E-state index contributed by atoms with van der Waals surface area (Å²) in [6, 6.07) is 11.1. The molecule has 25 heavy (non-hydrogen) atoms. The number of aromatic amines is 1. The first-order chi connectivity index (χ1) is 12.2. The first-order valence-electron chi connectivity index (χ1n) is 7.76. The fourth-order valence-electron chi connectivity index (χ4n) is 2.40. The molecule has 8 heteroatoms. The highest BCUT2D eigenvalue weighted by atomic mass is 32.1. The van der Waals surface area contributed by atoms with Crippen LogP contribution in [0.2, 0.25) is 0 Å². The predicted molar refractivity (Wildman–Crippen MR) is 94.8 cm³/mol. The maximum atomic E-state index is 12.2. The van der Waals surface area contributed by atoms with Gasteiger partial charge >= 0.3 is 0 Å². The van der Waals surface area contributed by atoms with E-state index in [1.54, 1.807) is 17.9 Å². The largest absolute Gasteiger partial charge is 0.497 e. The normalized spacial score (nSPS) is 10.6. The Labute approximate surface area is 149 Å². The summed E-state index contributed by atoms with van der Waals surface area (Å²) in [6.45, 7) is 0.588. The van der Waals surface area contributed by atoms with Crippen molar-refractivity contribution >= 4 is 18.1 Å². The van der Waals surface area contributed by atoms with Gasteiger partial charge in [-0.05, 0) is 48.6 Å². The first kappa shape index (κ1) is 17.0. The van der Waals surface area contributed by atoms with Crippen LogP contribution in [0.5, 0.6) is 5.75 Å². The van der Waals surface area contributed by atoms with E-state index in [9.17, 15) is 4.79 Å². The monoisotopic (exact) mass is 358 g/mol. The van der Waals surface area contributed by atoms with Crippen molar-refractivity contribution in [3.05, 3.63) is 53.2 Å². The zero-order chi connectivity index (χ0) is 17.6. The van der Waals surface area contributed by atoms with Crippen molar-refractivity contribution in [1.29, 1.82) is 0 Å². The average molecular weight is 358 g/mol. The van der Waals surface area contributed by atoms with E-state index in [2.05, 4.69) is 15.5 Å². The van der Waals surface area contributed by atoms with Gasteiger partial charge in [0.2, 0.25) is 5.91 Å². The number of nitrogens with one attached hydrogen (secondary N) is 2. The Morgan fingerprint density at radius 2 is 2.16 bits per heavy atom. The number of aromatic nitrogens is 3. The molecule has 1 amide bonds. The number of carbonyl (C=O) groups excluding carboxylic acids is 1. The molecule has 2 N–H and O–H groups in total. The lowest BCUT2D eigenvalue weighted by atomic mass is 10.2. The van der Waals surface area contributed by atoms with Crippen LogP contribution in [-0.4, -0.2) is 34.3 Å². The van der Waals surface area contributed by atoms with Crippen LogP contribution in [0.25, 0.3) is 11.4 Å². The molecule has 7 nitrogen and oxygen atoms in total. The second-order valence-corrected chi connectivity index (χ2v) is 5.73. The van der Waals surface area contributed by atoms with Crippen LogP contribution >= 0.6 is 12.2 Å². The predicted octanol–water partition coefficient (Wildman–Crippen LogP) is 2.57. The van der Waals surface area contributed by atoms with Crippen molar-refractivity contribution in [1.82, 2.24) is 20.1 Å². The van der Waals surface area contributed by atoms with Gasteiger partial charge in [0.05, 0.1) is 13.4 Å². The van der Waals surface area contributed by atoms with E-state index >= 15 is 0 Å². The van der Waals surface area contributed by atoms with Crippen LogP contribution < -0.4 is 10.1 Å². The van der Waals surface area contributed by atoms with Crippen LogP contribution in [0.15, 0.2) is 47.1 Å². The van der Waals surface area contributed by atoms with E-state index < -0.39 is 0 Å². The van der Waals surface area contributed by atoms with Gasteiger partial charge in [0.25, 0.3) is 0 Å². The SMILES string of the molecule is COc1ccc(-c2n[nH]c(=S)n2CC(=O)NCCc2ccco2)cc1. The number of ether oxygens (including phenoxy) is 1. The van der Waals surface area contributed by atoms with Gasteiger partial charge in [-0.25, -0.2) is 0 Å². The molecule has 0 atom stereocenters. The summed E-state index contributed by atoms with van der Waals surface area (Å²) in [5.74, 6) is 2.05. The molecule has 0 aliphatic rings. The Kier molecular flexibility index (Phi) is 5.30. The van der Waals surface area contributed by atoms with Crippen molar-refractivity contribution in [2.45, 2.75) is 13.0 Å². The highest BCUT2D eigenvalue weighted by molar-refractivity contribution is 7.71. The van der Waals surface area contributed by atoms with E-state index in [1.165, 1.54) is 0 Å². The number of nitrogens with zero attached hydrogens (tertiary/aromatic N) is 2. The minimum Gasteiger partial charge on any atom is -0.497 e. The molecule has 0 aliphatic heterocycles. The maximum Gasteiger partial charge on any atom is 0.240 e. The highest BCUT2D eigenvalue weighted by Gasteiger charge is 2.12. The molecule has 0 spiro atoms. The molecule has 0 radical (unpaired) electrons. The number of benzene rings is 1. The molecule has 0 bridgehead atoms. The van der Waals surface area contributed by atoms with Crippen LogP contribution in [0.1, 0.15) is 5.76 Å². The lowest BCUT2D eigenvalue weighted by Gasteiger charge is -2.08. The first-order valence-corrected chi connectivity index (χ1v) is 8.17. The second-order valence-electron chi connectivity index (χ2n) is 5.35. The molecule has 3 aromatic rings. The standard InChI is InChI=1S/C17H18N4O3S/c1-23-13-6-4-12(5-7-13)16-19-20-17(25)21(16)11-15(22)18-9-8-14-3-2-10-24-14/h2-7,10H,8-9,11H2,1H3,(H,18,22)(H,20,25). The number of rotatable bonds is 7. The Bertz CT molecular complexity index is 882. The summed E-state index contributed by atoms with van der Waals surface area (Å²) >= 11 is 5.24. The zero-order valence-electron chi connectivity index (χ0n) is 13.7. The van der Waals surface area contributed by atoms with Crippen molar-refractivity contribution < 1.29 is 13.9 Å². The lowest BCUT2D eigenvalue weighted by Crippen LogP contribution is -2.29. The van der Waals surface area contributed by atoms with Gasteiger partial charge in [-0.15, -0.1) is 0 Å². The Morgan fingerprint density at radius 1 is 1.36 bits per heavy atom. The van der Waals surface area contributed by atoms with E-state index in [0.29, 0.717) is 23.6 Å². The summed E-state index contributed by atoms with van der Waals surface area (Å²) in [5.41, 5.74) is 0.844. The van der Waals surface area contributed by atoms with E-state index in [1.807, 2.05) is 36.4 Å². The Hall–Kier alpha value is -2.87. The van der Waals surface area contributed by atoms with Crippen LogP contribution in [0.4, 0.5) is 0 Å². The highest BCUT2D eigenvalue weighted by Crippen LogP contribution is 2.20. The Balaban J connectivity index is 1.66. The summed E-state index contributed by atoms with van der Waals surface area (Å²) < 4.78 is 12.5. The van der Waals surface area contributed by atoms with Crippen molar-refractivity contribution in [3.8, 4) is 17.1 Å². The van der Waals surface area contributed by atoms with Crippen molar-refractivity contribution in [2.24, 2.45) is 0 Å². The molecule has 1 aromatic carbocycles. The molecular weight excluding hydrogens is 340 g/mol. The van der Waals surface area contributed by atoms with Gasteiger partial charge in [0.1, 0.15) is 18.1 Å². The van der Waals surface area contributed by atoms with Crippen LogP contribution in [0, 0.1) is 4.77 Å². The molecule has 2 heterocycles. The topological polar surface area (TPSA) is 85.1 Å². The minimum atomic E-state index is -0.140. The number of amides is 1. The Morgan fingerprint density at radius 3 is 2.84 bits per heavy atom. The second kappa shape index (κ2) is 7.80. The van der Waals surface area contributed by atoms with Crippen molar-refractivity contribution in [3.63, 3.8) is 0 Å². The molecule has 0 unspecified atom stereocenters. The van der Waals surface area contributed by atoms with E-state index in [4.69, 9.17) is 21.4 Å². The fourth-order valence-corrected chi connectivity index (χ4v) is 2.60. The number of hydrogen-bond acceptors (Lipinski definition) is 5. The number of carbonyl (C=O) groups is 1. The van der Waals surface area contributed by atoms with Crippen LogP contribution in [-0.2, 0) is 17.8 Å². The number of furan rings is 1. The molecule has 0 aliphatic carbocycles. The molecule has 0 fully saturated rings. The molecular formula is C17H18N4O3S. The molecule has 2 aromatic heterocycles. The van der Waals surface area contributed by atoms with E-state index in [0.717, 1.165) is 17.1 Å². The third-order valence-corrected chi connectivity index (χ3v) is 3.99. The summed E-state index contributed by atoms with van der Waals surface area (Å²) in [6.07, 6.45) is 2.25. The van der Waals surface area contributed by atoms with Crippen molar-refractivity contribution in [2.75, 3.05) is 13.7 Å². The lowest BCUT2D eigenvalue weighted by molar-refractivity contribution is -0.121. The minimum absolute atomic E-state index is 0.0921. The number of hydrogen-bond donors (Lipinski definition) is 2. The van der Waals surface area contributed by atoms with Gasteiger partial charge in [-0.3, -0.25) is 14.5 Å². The third-order valence-electron chi connectivity index (χ3n) is 3.68.